The fraction of sp³-hybridized carbons (Fsp3) is 0.167. The molecule has 0 spiro atoms. The molecular weight excluding hydrogens is 343 g/mol. The molecule has 17 heavy (non-hydrogen) atoms. The normalized spacial score (nSPS) is 12.7. The second kappa shape index (κ2) is 5.72. The summed E-state index contributed by atoms with van der Waals surface area (Å²) in [6, 6.07) is 9.24. The maximum atomic E-state index is 10.1. The van der Waals surface area contributed by atoms with E-state index in [4.69, 9.17) is 23.2 Å². The maximum Gasteiger partial charge on any atom is 0.0853 e. The molecule has 1 heterocycles. The largest absolute Gasteiger partial charge is 0.388 e. The van der Waals surface area contributed by atoms with Crippen molar-refractivity contribution in [3.05, 3.63) is 54.6 Å². The highest BCUT2D eigenvalue weighted by molar-refractivity contribution is 9.11. The Kier molecular flexibility index (Phi) is 4.50. The minimum absolute atomic E-state index is 0.428. The van der Waals surface area contributed by atoms with E-state index in [0.29, 0.717) is 22.0 Å². The van der Waals surface area contributed by atoms with E-state index in [2.05, 4.69) is 15.9 Å². The third kappa shape index (κ3) is 3.24. The number of hydrogen-bond acceptors (Lipinski definition) is 2. The molecule has 0 bridgehead atoms. The minimum Gasteiger partial charge on any atom is -0.388 e. The maximum absolute atomic E-state index is 10.1. The van der Waals surface area contributed by atoms with Crippen molar-refractivity contribution >= 4 is 50.5 Å². The lowest BCUT2D eigenvalue weighted by molar-refractivity contribution is 0.179. The molecule has 1 aromatic carbocycles. The van der Waals surface area contributed by atoms with Crippen LogP contribution in [0.15, 0.2) is 34.1 Å². The molecule has 1 atom stereocenters. The lowest BCUT2D eigenvalue weighted by atomic mass is 10.1. The van der Waals surface area contributed by atoms with Gasteiger partial charge in [-0.1, -0.05) is 35.3 Å². The molecule has 0 saturated heterocycles. The van der Waals surface area contributed by atoms with Gasteiger partial charge in [-0.25, -0.2) is 0 Å². The van der Waals surface area contributed by atoms with Gasteiger partial charge in [-0.3, -0.25) is 0 Å². The summed E-state index contributed by atoms with van der Waals surface area (Å²) >= 11 is 17.0. The summed E-state index contributed by atoms with van der Waals surface area (Å²) < 4.78 is 1.05. The summed E-state index contributed by atoms with van der Waals surface area (Å²) in [5.41, 5.74) is 0.670. The van der Waals surface area contributed by atoms with Crippen LogP contribution in [0.3, 0.4) is 0 Å². The monoisotopic (exact) mass is 350 g/mol. The first kappa shape index (κ1) is 13.4. The van der Waals surface area contributed by atoms with Gasteiger partial charge in [0, 0.05) is 16.9 Å². The molecule has 1 aromatic heterocycles. The van der Waals surface area contributed by atoms with Gasteiger partial charge in [0.2, 0.25) is 0 Å². The first-order valence-electron chi connectivity index (χ1n) is 4.94. The van der Waals surface area contributed by atoms with Crippen LogP contribution in [0.1, 0.15) is 16.5 Å². The molecular formula is C12H9BrCl2OS. The second-order valence-corrected chi connectivity index (χ2v) is 6.90. The lowest BCUT2D eigenvalue weighted by Gasteiger charge is -2.12. The van der Waals surface area contributed by atoms with Crippen LogP contribution in [0.2, 0.25) is 10.0 Å². The van der Waals surface area contributed by atoms with Crippen LogP contribution >= 0.6 is 50.5 Å². The third-order valence-electron chi connectivity index (χ3n) is 2.36. The van der Waals surface area contributed by atoms with Crippen LogP contribution in [0.4, 0.5) is 0 Å². The van der Waals surface area contributed by atoms with E-state index in [1.54, 1.807) is 29.5 Å². The molecule has 0 fully saturated rings. The van der Waals surface area contributed by atoms with Crippen molar-refractivity contribution in [1.82, 2.24) is 0 Å². The molecule has 2 aromatic rings. The molecule has 1 nitrogen and oxygen atoms in total. The molecule has 2 rings (SSSR count). The topological polar surface area (TPSA) is 20.2 Å². The molecule has 0 radical (unpaired) electrons. The van der Waals surface area contributed by atoms with Gasteiger partial charge in [0.15, 0.2) is 0 Å². The summed E-state index contributed by atoms with van der Waals surface area (Å²) in [5, 5.41) is 11.0. The van der Waals surface area contributed by atoms with Gasteiger partial charge in [-0.2, -0.15) is 0 Å². The van der Waals surface area contributed by atoms with Crippen molar-refractivity contribution < 1.29 is 5.11 Å². The molecule has 1 unspecified atom stereocenters. The van der Waals surface area contributed by atoms with E-state index in [1.807, 2.05) is 12.1 Å². The second-order valence-electron chi connectivity index (χ2n) is 3.57. The number of thiophene rings is 1. The van der Waals surface area contributed by atoms with Crippen LogP contribution < -0.4 is 0 Å². The molecule has 90 valence electrons. The summed E-state index contributed by atoms with van der Waals surface area (Å²) in [6.07, 6.45) is -0.0946. The molecule has 1 N–H and O–H groups in total. The van der Waals surface area contributed by atoms with Gasteiger partial charge in [-0.15, -0.1) is 11.3 Å². The summed E-state index contributed by atoms with van der Waals surface area (Å²) in [5.74, 6) is 0. The van der Waals surface area contributed by atoms with Crippen molar-refractivity contribution in [1.29, 1.82) is 0 Å². The van der Waals surface area contributed by atoms with Crippen LogP contribution in [0.25, 0.3) is 0 Å². The average molecular weight is 352 g/mol. The molecule has 0 aliphatic rings. The first-order valence-corrected chi connectivity index (χ1v) is 7.30. The quantitative estimate of drug-likeness (QED) is 0.816. The van der Waals surface area contributed by atoms with Crippen molar-refractivity contribution in [3.63, 3.8) is 0 Å². The van der Waals surface area contributed by atoms with Crippen molar-refractivity contribution in [2.45, 2.75) is 12.5 Å². The smallest absolute Gasteiger partial charge is 0.0853 e. The van der Waals surface area contributed by atoms with Gasteiger partial charge in [0.1, 0.15) is 0 Å². The zero-order valence-electron chi connectivity index (χ0n) is 8.66. The standard InChI is InChI=1S/C12H9BrCl2OS/c13-11-5-4-7(17-11)6-10(16)8-2-1-3-9(14)12(8)15/h1-5,10,16H,6H2. The number of rotatable bonds is 3. The van der Waals surface area contributed by atoms with E-state index < -0.39 is 6.10 Å². The zero-order valence-corrected chi connectivity index (χ0v) is 12.6. The highest BCUT2D eigenvalue weighted by atomic mass is 79.9. The fourth-order valence-electron chi connectivity index (χ4n) is 1.54. The fourth-order valence-corrected chi connectivity index (χ4v) is 3.49. The number of hydrogen-bond donors (Lipinski definition) is 1. The van der Waals surface area contributed by atoms with Crippen LogP contribution in [0, 0.1) is 0 Å². The Morgan fingerprint density at radius 2 is 2.00 bits per heavy atom. The van der Waals surface area contributed by atoms with E-state index in [9.17, 15) is 5.11 Å². The Hall–Kier alpha value is -0.0600. The summed E-state index contributed by atoms with van der Waals surface area (Å²) in [4.78, 5) is 1.10. The Labute approximate surface area is 122 Å². The van der Waals surface area contributed by atoms with E-state index in [-0.39, 0.29) is 0 Å². The molecule has 0 saturated carbocycles. The highest BCUT2D eigenvalue weighted by Crippen LogP contribution is 2.33. The Morgan fingerprint density at radius 1 is 1.24 bits per heavy atom. The Morgan fingerprint density at radius 3 is 2.65 bits per heavy atom. The highest BCUT2D eigenvalue weighted by Gasteiger charge is 2.14. The Balaban J connectivity index is 2.20. The third-order valence-corrected chi connectivity index (χ3v) is 4.84. The van der Waals surface area contributed by atoms with Gasteiger partial charge < -0.3 is 5.11 Å². The average Bonchev–Trinajstić information content (AvgIpc) is 2.68. The molecule has 5 heteroatoms. The lowest BCUT2D eigenvalue weighted by Crippen LogP contribution is -2.01. The SMILES string of the molecule is OC(Cc1ccc(Br)s1)c1cccc(Cl)c1Cl. The predicted octanol–water partition coefficient (Wildman–Crippen LogP) is 5.09. The minimum atomic E-state index is -0.633. The van der Waals surface area contributed by atoms with Gasteiger partial charge in [-0.05, 0) is 34.1 Å². The summed E-state index contributed by atoms with van der Waals surface area (Å²) in [6.45, 7) is 0. The number of aliphatic hydroxyl groups excluding tert-OH is 1. The number of halogens is 3. The van der Waals surface area contributed by atoms with E-state index >= 15 is 0 Å². The van der Waals surface area contributed by atoms with Gasteiger partial charge >= 0.3 is 0 Å². The summed E-state index contributed by atoms with van der Waals surface area (Å²) in [7, 11) is 0. The Bertz CT molecular complexity index is 527. The van der Waals surface area contributed by atoms with Gasteiger partial charge in [0.25, 0.3) is 0 Å². The van der Waals surface area contributed by atoms with Gasteiger partial charge in [0.05, 0.1) is 19.9 Å². The van der Waals surface area contributed by atoms with Crippen LogP contribution in [0.5, 0.6) is 0 Å². The molecule has 0 amide bonds. The predicted molar refractivity (Wildman–Crippen MR) is 77.1 cm³/mol. The van der Waals surface area contributed by atoms with Crippen molar-refractivity contribution in [2.24, 2.45) is 0 Å². The molecule has 0 aliphatic carbocycles. The van der Waals surface area contributed by atoms with E-state index in [0.717, 1.165) is 8.66 Å². The number of aliphatic hydroxyl groups is 1. The van der Waals surface area contributed by atoms with Crippen LogP contribution in [-0.2, 0) is 6.42 Å². The van der Waals surface area contributed by atoms with Crippen molar-refractivity contribution in [3.8, 4) is 0 Å². The van der Waals surface area contributed by atoms with Crippen LogP contribution in [-0.4, -0.2) is 5.11 Å². The molecule has 0 aliphatic heterocycles. The van der Waals surface area contributed by atoms with E-state index in [1.165, 1.54) is 0 Å². The first-order chi connectivity index (χ1) is 8.08. The zero-order chi connectivity index (χ0) is 12.4. The van der Waals surface area contributed by atoms with Crippen molar-refractivity contribution in [2.75, 3.05) is 0 Å². The number of benzene rings is 1.